The molecule has 0 spiro atoms. The van der Waals surface area contributed by atoms with Crippen molar-refractivity contribution in [1.29, 1.82) is 0 Å². The molecule has 1 aliphatic carbocycles. The molecule has 1 aliphatic rings. The second-order valence-corrected chi connectivity index (χ2v) is 6.09. The maximum atomic E-state index is 6.10. The molecule has 0 bridgehead atoms. The molecule has 1 fully saturated rings. The molecule has 2 rings (SSSR count). The molecule has 0 unspecified atom stereocenters. The van der Waals surface area contributed by atoms with Gasteiger partial charge < -0.3 is 5.73 Å². The molecule has 0 aromatic heterocycles. The van der Waals surface area contributed by atoms with Crippen molar-refractivity contribution < 1.29 is 0 Å². The van der Waals surface area contributed by atoms with E-state index in [1.165, 1.54) is 21.2 Å². The fourth-order valence-electron chi connectivity index (χ4n) is 2.47. The van der Waals surface area contributed by atoms with E-state index in [0.717, 1.165) is 0 Å². The Labute approximate surface area is 100 Å². The molecule has 1 saturated carbocycles. The average molecular weight is 268 g/mol. The first-order valence-electron chi connectivity index (χ1n) is 5.38. The summed E-state index contributed by atoms with van der Waals surface area (Å²) in [6, 6.07) is 4.84. The highest BCUT2D eigenvalue weighted by Crippen LogP contribution is 2.57. The van der Waals surface area contributed by atoms with Crippen LogP contribution in [0.5, 0.6) is 0 Å². The number of nitrogens with two attached hydrogens (primary N) is 1. The van der Waals surface area contributed by atoms with E-state index in [1.54, 1.807) is 0 Å². The Morgan fingerprint density at radius 2 is 1.60 bits per heavy atom. The van der Waals surface area contributed by atoms with Gasteiger partial charge in [0.05, 0.1) is 0 Å². The second-order valence-electron chi connectivity index (χ2n) is 5.29. The fraction of sp³-hybridized carbons (Fsp3) is 0.538. The van der Waals surface area contributed by atoms with E-state index in [2.05, 4.69) is 55.8 Å². The zero-order chi connectivity index (χ0) is 11.4. The van der Waals surface area contributed by atoms with Crippen molar-refractivity contribution in [3.05, 3.63) is 33.3 Å². The van der Waals surface area contributed by atoms with Crippen LogP contribution in [0.1, 0.15) is 36.5 Å². The largest absolute Gasteiger partial charge is 0.327 e. The Morgan fingerprint density at radius 3 is 1.93 bits per heavy atom. The van der Waals surface area contributed by atoms with Gasteiger partial charge >= 0.3 is 0 Å². The van der Waals surface area contributed by atoms with E-state index >= 15 is 0 Å². The summed E-state index contributed by atoms with van der Waals surface area (Å²) < 4.78 is 1.22. The van der Waals surface area contributed by atoms with Crippen LogP contribution in [0.15, 0.2) is 16.6 Å². The zero-order valence-corrected chi connectivity index (χ0v) is 11.4. The lowest BCUT2D eigenvalue weighted by Crippen LogP contribution is -2.06. The summed E-state index contributed by atoms with van der Waals surface area (Å²) >= 11 is 3.60. The number of rotatable bonds is 1. The lowest BCUT2D eigenvalue weighted by molar-refractivity contribution is 0.599. The lowest BCUT2D eigenvalue weighted by atomic mass is 9.99. The first-order valence-corrected chi connectivity index (χ1v) is 6.17. The third-order valence-corrected chi connectivity index (χ3v) is 4.98. The van der Waals surface area contributed by atoms with Gasteiger partial charge in [0.1, 0.15) is 0 Å². The Balaban J connectivity index is 2.40. The van der Waals surface area contributed by atoms with Crippen LogP contribution in [-0.2, 0) is 0 Å². The third kappa shape index (κ3) is 1.64. The molecule has 0 amide bonds. The number of halogens is 1. The highest BCUT2D eigenvalue weighted by molar-refractivity contribution is 9.10. The zero-order valence-electron chi connectivity index (χ0n) is 9.76. The van der Waals surface area contributed by atoms with Crippen molar-refractivity contribution in [2.75, 3.05) is 0 Å². The van der Waals surface area contributed by atoms with E-state index in [-0.39, 0.29) is 5.41 Å². The van der Waals surface area contributed by atoms with Gasteiger partial charge in [0.25, 0.3) is 0 Å². The minimum Gasteiger partial charge on any atom is -0.327 e. The predicted octanol–water partition coefficient (Wildman–Crippen LogP) is 3.52. The fourth-order valence-corrected chi connectivity index (χ4v) is 2.70. The van der Waals surface area contributed by atoms with Crippen molar-refractivity contribution in [2.24, 2.45) is 11.1 Å². The van der Waals surface area contributed by atoms with Crippen LogP contribution in [0.4, 0.5) is 0 Å². The van der Waals surface area contributed by atoms with Gasteiger partial charge in [-0.05, 0) is 36.0 Å². The Bertz CT molecular complexity index is 386. The minimum atomic E-state index is 0.271. The molecule has 1 aromatic carbocycles. The lowest BCUT2D eigenvalue weighted by Gasteiger charge is -2.08. The summed E-state index contributed by atoms with van der Waals surface area (Å²) in [5.41, 5.74) is 10.4. The molecule has 0 heterocycles. The molecule has 82 valence electrons. The minimum absolute atomic E-state index is 0.271. The summed E-state index contributed by atoms with van der Waals surface area (Å²) in [5.74, 6) is 0.531. The van der Waals surface area contributed by atoms with E-state index < -0.39 is 0 Å². The van der Waals surface area contributed by atoms with Crippen LogP contribution in [0, 0.1) is 19.3 Å². The van der Waals surface area contributed by atoms with Crippen LogP contribution in [-0.4, -0.2) is 6.04 Å². The van der Waals surface area contributed by atoms with E-state index in [1.807, 2.05) is 0 Å². The highest BCUT2D eigenvalue weighted by atomic mass is 79.9. The van der Waals surface area contributed by atoms with Gasteiger partial charge in [0.15, 0.2) is 0 Å². The molecule has 0 saturated heterocycles. The van der Waals surface area contributed by atoms with Gasteiger partial charge in [-0.25, -0.2) is 0 Å². The summed E-state index contributed by atoms with van der Waals surface area (Å²) in [6.07, 6.45) is 0. The monoisotopic (exact) mass is 267 g/mol. The van der Waals surface area contributed by atoms with Crippen molar-refractivity contribution in [1.82, 2.24) is 0 Å². The van der Waals surface area contributed by atoms with Crippen molar-refractivity contribution in [3.63, 3.8) is 0 Å². The normalized spacial score (nSPS) is 27.9. The van der Waals surface area contributed by atoms with Gasteiger partial charge in [-0.15, -0.1) is 0 Å². The summed E-state index contributed by atoms with van der Waals surface area (Å²) in [6.45, 7) is 8.77. The molecule has 2 N–H and O–H groups in total. The molecule has 2 heteroatoms. The summed E-state index contributed by atoms with van der Waals surface area (Å²) in [5, 5.41) is 0. The average Bonchev–Trinajstić information content (AvgIpc) is 2.61. The van der Waals surface area contributed by atoms with Crippen LogP contribution >= 0.6 is 15.9 Å². The Hall–Kier alpha value is -0.340. The van der Waals surface area contributed by atoms with Gasteiger partial charge in [-0.1, -0.05) is 41.9 Å². The smallest absolute Gasteiger partial charge is 0.0233 e. The second kappa shape index (κ2) is 3.33. The van der Waals surface area contributed by atoms with Crippen LogP contribution in [0.3, 0.4) is 0 Å². The number of hydrogen-bond donors (Lipinski definition) is 1. The first-order chi connectivity index (χ1) is 6.85. The van der Waals surface area contributed by atoms with E-state index in [4.69, 9.17) is 5.73 Å². The van der Waals surface area contributed by atoms with Crippen LogP contribution in [0.2, 0.25) is 0 Å². The topological polar surface area (TPSA) is 26.0 Å². The Kier molecular flexibility index (Phi) is 2.47. The number of hydrogen-bond acceptors (Lipinski definition) is 1. The quantitative estimate of drug-likeness (QED) is 0.828. The molecule has 2 atom stereocenters. The number of aryl methyl sites for hydroxylation is 2. The third-order valence-electron chi connectivity index (χ3n) is 3.73. The predicted molar refractivity (Wildman–Crippen MR) is 68.1 cm³/mol. The van der Waals surface area contributed by atoms with Crippen LogP contribution in [0.25, 0.3) is 0 Å². The molecular weight excluding hydrogens is 250 g/mol. The van der Waals surface area contributed by atoms with Crippen molar-refractivity contribution in [2.45, 2.75) is 39.7 Å². The molecule has 15 heavy (non-hydrogen) atoms. The van der Waals surface area contributed by atoms with Gasteiger partial charge in [-0.3, -0.25) is 0 Å². The van der Waals surface area contributed by atoms with E-state index in [9.17, 15) is 0 Å². The van der Waals surface area contributed by atoms with Gasteiger partial charge in [0, 0.05) is 16.4 Å². The molecular formula is C13H18BrN. The van der Waals surface area contributed by atoms with Crippen molar-refractivity contribution in [3.8, 4) is 0 Å². The van der Waals surface area contributed by atoms with Crippen molar-refractivity contribution >= 4 is 15.9 Å². The molecule has 0 aliphatic heterocycles. The van der Waals surface area contributed by atoms with Gasteiger partial charge in [0.2, 0.25) is 0 Å². The molecule has 0 radical (unpaired) electrons. The molecule has 1 aromatic rings. The highest BCUT2D eigenvalue weighted by Gasteiger charge is 2.56. The number of benzene rings is 1. The Morgan fingerprint density at radius 1 is 1.20 bits per heavy atom. The SMILES string of the molecule is Cc1cc([C@H]2[C@H](N)C2(C)C)cc(C)c1Br. The van der Waals surface area contributed by atoms with E-state index in [0.29, 0.717) is 12.0 Å². The summed E-state index contributed by atoms with van der Waals surface area (Å²) in [4.78, 5) is 0. The maximum Gasteiger partial charge on any atom is 0.0233 e. The van der Waals surface area contributed by atoms with Crippen LogP contribution < -0.4 is 5.73 Å². The molecule has 1 nitrogen and oxygen atoms in total. The first kappa shape index (κ1) is 11.2. The standard InChI is InChI=1S/C13H18BrN/c1-7-5-9(6-8(2)11(7)14)10-12(15)13(10,3)4/h5-6,10,12H,15H2,1-4H3/t10-,12-/m0/s1. The summed E-state index contributed by atoms with van der Waals surface area (Å²) in [7, 11) is 0. The van der Waals surface area contributed by atoms with Gasteiger partial charge in [-0.2, -0.15) is 0 Å². The maximum absolute atomic E-state index is 6.10.